The van der Waals surface area contributed by atoms with Crippen LogP contribution in [0.15, 0.2) is 46.0 Å². The molecule has 1 N–H and O–H groups in total. The van der Waals surface area contributed by atoms with Gasteiger partial charge in [-0.25, -0.2) is 4.79 Å². The molecule has 214 valence electrons. The zero-order chi connectivity index (χ0) is 28.4. The maximum atomic E-state index is 12.8. The number of piperidine rings is 1. The topological polar surface area (TPSA) is 103 Å². The van der Waals surface area contributed by atoms with Crippen LogP contribution in [0.5, 0.6) is 11.5 Å². The van der Waals surface area contributed by atoms with Crippen molar-refractivity contribution in [2.24, 2.45) is 17.8 Å². The molecule has 3 atom stereocenters. The van der Waals surface area contributed by atoms with Crippen LogP contribution in [-0.4, -0.2) is 54.3 Å². The number of nitrogens with zero attached hydrogens (tertiary/aromatic N) is 2. The van der Waals surface area contributed by atoms with E-state index in [0.29, 0.717) is 29.3 Å². The molecule has 1 aromatic heterocycles. The van der Waals surface area contributed by atoms with E-state index >= 15 is 0 Å². The summed E-state index contributed by atoms with van der Waals surface area (Å²) in [4.78, 5) is 43.4. The first-order valence-corrected chi connectivity index (χ1v) is 14.1. The smallest absolute Gasteiger partial charge is 0.328 e. The highest BCUT2D eigenvalue weighted by atomic mass is 16.5. The van der Waals surface area contributed by atoms with Crippen LogP contribution >= 0.6 is 0 Å². The number of aromatic nitrogens is 2. The van der Waals surface area contributed by atoms with E-state index in [2.05, 4.69) is 35.9 Å². The van der Waals surface area contributed by atoms with Gasteiger partial charge in [-0.3, -0.25) is 19.1 Å². The van der Waals surface area contributed by atoms with Gasteiger partial charge in [-0.2, -0.15) is 0 Å². The Morgan fingerprint density at radius 3 is 2.58 bits per heavy atom. The molecule has 9 nitrogen and oxygen atoms in total. The number of para-hydroxylation sites is 1. The number of rotatable bonds is 9. The molecule has 40 heavy (non-hydrogen) atoms. The molecule has 9 heteroatoms. The molecule has 1 saturated heterocycles. The van der Waals surface area contributed by atoms with Gasteiger partial charge in [0.25, 0.3) is 5.56 Å². The van der Waals surface area contributed by atoms with Crippen molar-refractivity contribution in [3.05, 3.63) is 68.4 Å². The number of hydrogen-bond donors (Lipinski definition) is 1. The zero-order valence-corrected chi connectivity index (χ0v) is 23.8. The van der Waals surface area contributed by atoms with E-state index in [9.17, 15) is 14.4 Å². The summed E-state index contributed by atoms with van der Waals surface area (Å²) < 4.78 is 18.0. The summed E-state index contributed by atoms with van der Waals surface area (Å²) in [6.07, 6.45) is 2.87. The van der Waals surface area contributed by atoms with Gasteiger partial charge >= 0.3 is 11.7 Å². The Labute approximate surface area is 234 Å². The summed E-state index contributed by atoms with van der Waals surface area (Å²) in [7, 11) is 3.32. The van der Waals surface area contributed by atoms with Gasteiger partial charge in [-0.05, 0) is 72.4 Å². The second-order valence-electron chi connectivity index (χ2n) is 11.4. The maximum absolute atomic E-state index is 12.8. The van der Waals surface area contributed by atoms with E-state index in [1.165, 1.54) is 11.1 Å². The molecule has 0 unspecified atom stereocenters. The highest BCUT2D eigenvalue weighted by molar-refractivity contribution is 5.77. The molecule has 2 aliphatic heterocycles. The number of H-pyrrole nitrogens is 1. The summed E-state index contributed by atoms with van der Waals surface area (Å²) >= 11 is 0. The number of methoxy groups -OCH3 is 2. The first kappa shape index (κ1) is 28.0. The molecule has 3 aromatic rings. The van der Waals surface area contributed by atoms with Gasteiger partial charge in [0.05, 0.1) is 38.2 Å². The van der Waals surface area contributed by atoms with Crippen LogP contribution in [0.25, 0.3) is 10.9 Å². The lowest BCUT2D eigenvalue weighted by Gasteiger charge is -2.47. The lowest BCUT2D eigenvalue weighted by Crippen LogP contribution is -2.47. The Bertz CT molecular complexity index is 1490. The highest BCUT2D eigenvalue weighted by Crippen LogP contribution is 2.45. The Morgan fingerprint density at radius 2 is 1.82 bits per heavy atom. The third kappa shape index (κ3) is 5.66. The Balaban J connectivity index is 1.28. The second kappa shape index (κ2) is 11.9. The van der Waals surface area contributed by atoms with Crippen molar-refractivity contribution in [1.82, 2.24) is 14.5 Å². The van der Waals surface area contributed by atoms with Crippen LogP contribution in [0.3, 0.4) is 0 Å². The average molecular weight is 550 g/mol. The van der Waals surface area contributed by atoms with E-state index in [1.54, 1.807) is 38.5 Å². The summed E-state index contributed by atoms with van der Waals surface area (Å²) in [5.41, 5.74) is 2.10. The van der Waals surface area contributed by atoms with Crippen molar-refractivity contribution in [3.63, 3.8) is 0 Å². The maximum Gasteiger partial charge on any atom is 0.328 e. The summed E-state index contributed by atoms with van der Waals surface area (Å²) in [6, 6.07) is 11.3. The van der Waals surface area contributed by atoms with Crippen molar-refractivity contribution >= 4 is 16.9 Å². The van der Waals surface area contributed by atoms with E-state index < -0.39 is 17.2 Å². The molecule has 0 bridgehead atoms. The molecule has 2 aliphatic rings. The quantitative estimate of drug-likeness (QED) is 0.404. The van der Waals surface area contributed by atoms with Gasteiger partial charge in [-0.15, -0.1) is 0 Å². The molecule has 2 aromatic carbocycles. The van der Waals surface area contributed by atoms with Crippen LogP contribution in [0, 0.1) is 17.8 Å². The average Bonchev–Trinajstić information content (AvgIpc) is 2.94. The Kier molecular flexibility index (Phi) is 8.30. The minimum atomic E-state index is -0.524. The van der Waals surface area contributed by atoms with E-state index in [4.69, 9.17) is 14.2 Å². The van der Waals surface area contributed by atoms with Crippen molar-refractivity contribution in [3.8, 4) is 11.5 Å². The van der Waals surface area contributed by atoms with Gasteiger partial charge in [0.2, 0.25) is 0 Å². The SMILES string of the molecule is COc1cc2c(cc1OC)[C@H]1C[C@@H](COC(=O)CCn3c(=O)[nH]c4ccccc4c3=O)[C@H](CC(C)C)CN1CC2. The van der Waals surface area contributed by atoms with Crippen molar-refractivity contribution in [2.75, 3.05) is 33.9 Å². The first-order valence-electron chi connectivity index (χ1n) is 14.1. The van der Waals surface area contributed by atoms with Gasteiger partial charge in [0, 0.05) is 25.7 Å². The van der Waals surface area contributed by atoms with Gasteiger partial charge in [-0.1, -0.05) is 26.0 Å². The molecule has 3 heterocycles. The number of nitrogens with one attached hydrogen (secondary N) is 1. The minimum Gasteiger partial charge on any atom is -0.493 e. The Morgan fingerprint density at radius 1 is 1.07 bits per heavy atom. The Hall–Kier alpha value is -3.59. The molecular weight excluding hydrogens is 510 g/mol. The fraction of sp³-hybridized carbons (Fsp3) is 0.516. The molecule has 0 saturated carbocycles. The number of benzene rings is 2. The lowest BCUT2D eigenvalue weighted by molar-refractivity contribution is -0.147. The monoisotopic (exact) mass is 549 g/mol. The number of carbonyl (C=O) groups excluding carboxylic acids is 1. The molecule has 0 amide bonds. The van der Waals surface area contributed by atoms with E-state index in [1.807, 2.05) is 0 Å². The van der Waals surface area contributed by atoms with Crippen LogP contribution < -0.4 is 20.7 Å². The molecule has 5 rings (SSSR count). The zero-order valence-electron chi connectivity index (χ0n) is 23.8. The van der Waals surface area contributed by atoms with Crippen LogP contribution in [0.1, 0.15) is 50.3 Å². The van der Waals surface area contributed by atoms with Crippen LogP contribution in [-0.2, 0) is 22.5 Å². The minimum absolute atomic E-state index is 0.0245. The lowest BCUT2D eigenvalue weighted by atomic mass is 9.74. The molecular formula is C31H39N3O6. The molecule has 0 spiro atoms. The van der Waals surface area contributed by atoms with Crippen molar-refractivity contribution < 1.29 is 19.0 Å². The van der Waals surface area contributed by atoms with Gasteiger partial charge in [0.15, 0.2) is 11.5 Å². The number of ether oxygens (including phenoxy) is 3. The fourth-order valence-electron chi connectivity index (χ4n) is 6.46. The number of fused-ring (bicyclic) bond motifs is 4. The third-order valence-corrected chi connectivity index (χ3v) is 8.44. The molecule has 0 aliphatic carbocycles. The second-order valence-corrected chi connectivity index (χ2v) is 11.4. The summed E-state index contributed by atoms with van der Waals surface area (Å²) in [5.74, 6) is 2.23. The number of carbonyl (C=O) groups is 1. The van der Waals surface area contributed by atoms with Gasteiger partial charge < -0.3 is 19.2 Å². The largest absolute Gasteiger partial charge is 0.493 e. The fourth-order valence-corrected chi connectivity index (χ4v) is 6.46. The molecule has 0 radical (unpaired) electrons. The van der Waals surface area contributed by atoms with Crippen LogP contribution in [0.4, 0.5) is 0 Å². The first-order chi connectivity index (χ1) is 19.3. The van der Waals surface area contributed by atoms with Gasteiger partial charge in [0.1, 0.15) is 0 Å². The van der Waals surface area contributed by atoms with E-state index in [-0.39, 0.29) is 24.9 Å². The summed E-state index contributed by atoms with van der Waals surface area (Å²) in [5, 5.41) is 0.417. The third-order valence-electron chi connectivity index (χ3n) is 8.44. The number of aromatic amines is 1. The normalized spacial score (nSPS) is 20.7. The predicted octanol–water partition coefficient (Wildman–Crippen LogP) is 3.92. The summed E-state index contributed by atoms with van der Waals surface area (Å²) in [6.45, 7) is 6.72. The van der Waals surface area contributed by atoms with Crippen molar-refractivity contribution in [1.29, 1.82) is 0 Å². The molecule has 1 fully saturated rings. The highest BCUT2D eigenvalue weighted by Gasteiger charge is 2.40. The predicted molar refractivity (Wildman–Crippen MR) is 153 cm³/mol. The number of hydrogen-bond acceptors (Lipinski definition) is 7. The van der Waals surface area contributed by atoms with E-state index in [0.717, 1.165) is 48.4 Å². The van der Waals surface area contributed by atoms with Crippen LogP contribution in [0.2, 0.25) is 0 Å². The standard InChI is InChI=1S/C31H39N3O6/c1-19(2)13-21-17-33-11-9-20-15-27(38-3)28(39-4)16-24(20)26(33)14-22(21)18-40-29(35)10-12-34-30(36)23-7-5-6-8-25(23)32-31(34)37/h5-8,15-16,19,21-22,26H,9-14,17-18H2,1-4H3,(H,32,37)/t21-,22+,26-/m1/s1. The van der Waals surface area contributed by atoms with Crippen molar-refractivity contribution in [2.45, 2.75) is 52.1 Å². The number of esters is 1.